The minimum Gasteiger partial charge on any atom is -0.368 e. The molecule has 0 radical (unpaired) electrons. The lowest BCUT2D eigenvalue weighted by Crippen LogP contribution is -2.47. The highest BCUT2D eigenvalue weighted by Crippen LogP contribution is 2.39. The van der Waals surface area contributed by atoms with Gasteiger partial charge in [-0.2, -0.15) is 0 Å². The molecule has 2 nitrogen and oxygen atoms in total. The normalized spacial score (nSPS) is 28.1. The van der Waals surface area contributed by atoms with Crippen LogP contribution >= 0.6 is 0 Å². The molecule has 2 N–H and O–H groups in total. The number of hydrogen-bond acceptors (Lipinski definition) is 2. The molecule has 1 saturated carbocycles. The zero-order valence-electron chi connectivity index (χ0n) is 12.3. The topological polar surface area (TPSA) is 29.3 Å². The Bertz CT molecular complexity index is 470. The van der Waals surface area contributed by atoms with E-state index in [2.05, 4.69) is 4.90 Å². The van der Waals surface area contributed by atoms with E-state index in [0.29, 0.717) is 6.04 Å². The third kappa shape index (κ3) is 2.56. The van der Waals surface area contributed by atoms with Crippen LogP contribution in [0.15, 0.2) is 18.2 Å². The average Bonchev–Trinajstić information content (AvgIpc) is 2.46. The van der Waals surface area contributed by atoms with Crippen LogP contribution < -0.4 is 10.6 Å². The first-order valence-electron chi connectivity index (χ1n) is 7.98. The molecule has 1 aliphatic heterocycles. The maximum absolute atomic E-state index is 13.5. The number of piperidine rings is 1. The van der Waals surface area contributed by atoms with Crippen LogP contribution in [-0.2, 0) is 0 Å². The van der Waals surface area contributed by atoms with Crippen LogP contribution in [0, 0.1) is 11.7 Å². The quantitative estimate of drug-likeness (QED) is 0.884. The Morgan fingerprint density at radius 3 is 2.75 bits per heavy atom. The lowest BCUT2D eigenvalue weighted by atomic mass is 9.78. The minimum atomic E-state index is -0.182. The molecule has 3 rings (SSSR count). The van der Waals surface area contributed by atoms with Crippen molar-refractivity contribution in [3.05, 3.63) is 29.6 Å². The predicted octanol–water partition coefficient (Wildman–Crippen LogP) is 4.00. The molecule has 1 heterocycles. The smallest absolute Gasteiger partial charge is 0.123 e. The van der Waals surface area contributed by atoms with Gasteiger partial charge in [-0.3, -0.25) is 0 Å². The molecule has 0 spiro atoms. The number of nitrogens with zero attached hydrogens (tertiary/aromatic N) is 1. The summed E-state index contributed by atoms with van der Waals surface area (Å²) in [6, 6.07) is 5.65. The molecule has 3 heteroatoms. The van der Waals surface area contributed by atoms with Crippen molar-refractivity contribution in [2.75, 3.05) is 11.4 Å². The number of benzene rings is 1. The fraction of sp³-hybridized carbons (Fsp3) is 0.647. The van der Waals surface area contributed by atoms with Crippen LogP contribution in [0.5, 0.6) is 0 Å². The summed E-state index contributed by atoms with van der Waals surface area (Å²) < 4.78 is 13.5. The van der Waals surface area contributed by atoms with E-state index in [1.807, 2.05) is 13.0 Å². The van der Waals surface area contributed by atoms with Crippen LogP contribution in [0.1, 0.15) is 57.1 Å². The van der Waals surface area contributed by atoms with Crippen molar-refractivity contribution in [2.45, 2.75) is 57.5 Å². The molecule has 0 amide bonds. The summed E-state index contributed by atoms with van der Waals surface area (Å²) in [6.07, 6.45) is 7.94. The van der Waals surface area contributed by atoms with Gasteiger partial charge in [-0.05, 0) is 62.3 Å². The third-order valence-corrected chi connectivity index (χ3v) is 5.03. The highest BCUT2D eigenvalue weighted by atomic mass is 19.1. The lowest BCUT2D eigenvalue weighted by molar-refractivity contribution is 0.243. The molecule has 1 saturated heterocycles. The van der Waals surface area contributed by atoms with Crippen molar-refractivity contribution in [2.24, 2.45) is 11.7 Å². The van der Waals surface area contributed by atoms with Gasteiger partial charge in [-0.25, -0.2) is 4.39 Å². The van der Waals surface area contributed by atoms with Crippen molar-refractivity contribution in [3.8, 4) is 0 Å². The summed E-state index contributed by atoms with van der Waals surface area (Å²) in [6.45, 7) is 3.03. The van der Waals surface area contributed by atoms with Crippen LogP contribution in [0.2, 0.25) is 0 Å². The first-order valence-corrected chi connectivity index (χ1v) is 7.98. The van der Waals surface area contributed by atoms with Crippen molar-refractivity contribution >= 4 is 5.69 Å². The fourth-order valence-corrected chi connectivity index (χ4v) is 4.08. The standard InChI is InChI=1S/C17H25FN2/c1-12(19)15-11-14(18)8-9-17(15)20-10-4-6-13-5-2-3-7-16(13)20/h8-9,11-13,16H,2-7,10,19H2,1H3/t12-,13?,16?/m0/s1. The van der Waals surface area contributed by atoms with E-state index in [4.69, 9.17) is 5.73 Å². The summed E-state index contributed by atoms with van der Waals surface area (Å²) >= 11 is 0. The molecule has 1 aliphatic carbocycles. The van der Waals surface area contributed by atoms with Crippen molar-refractivity contribution < 1.29 is 4.39 Å². The van der Waals surface area contributed by atoms with Gasteiger partial charge in [0.1, 0.15) is 5.82 Å². The number of fused-ring (bicyclic) bond motifs is 1. The van der Waals surface area contributed by atoms with E-state index >= 15 is 0 Å². The summed E-state index contributed by atoms with van der Waals surface area (Å²) in [5, 5.41) is 0. The van der Waals surface area contributed by atoms with Crippen LogP contribution in [-0.4, -0.2) is 12.6 Å². The van der Waals surface area contributed by atoms with Crippen LogP contribution in [0.4, 0.5) is 10.1 Å². The maximum atomic E-state index is 13.5. The summed E-state index contributed by atoms with van der Waals surface area (Å²) in [4.78, 5) is 2.52. The molecule has 20 heavy (non-hydrogen) atoms. The molecule has 2 unspecified atom stereocenters. The summed E-state index contributed by atoms with van der Waals surface area (Å²) in [5.41, 5.74) is 8.18. The molecule has 110 valence electrons. The lowest BCUT2D eigenvalue weighted by Gasteiger charge is -2.46. The van der Waals surface area contributed by atoms with Crippen LogP contribution in [0.25, 0.3) is 0 Å². The van der Waals surface area contributed by atoms with Gasteiger partial charge in [0.15, 0.2) is 0 Å². The largest absolute Gasteiger partial charge is 0.368 e. The van der Waals surface area contributed by atoms with E-state index in [9.17, 15) is 4.39 Å². The van der Waals surface area contributed by atoms with Crippen molar-refractivity contribution in [3.63, 3.8) is 0 Å². The molecular weight excluding hydrogens is 251 g/mol. The number of anilines is 1. The van der Waals surface area contributed by atoms with E-state index in [1.54, 1.807) is 12.1 Å². The van der Waals surface area contributed by atoms with Gasteiger partial charge in [0.25, 0.3) is 0 Å². The Kier molecular flexibility index (Phi) is 3.97. The second kappa shape index (κ2) is 5.72. The molecule has 1 aromatic rings. The Labute approximate surface area is 121 Å². The average molecular weight is 276 g/mol. The highest BCUT2D eigenvalue weighted by Gasteiger charge is 2.34. The Hall–Kier alpha value is -1.09. The Morgan fingerprint density at radius 1 is 1.20 bits per heavy atom. The molecule has 0 aromatic heterocycles. The van der Waals surface area contributed by atoms with Gasteiger partial charge in [-0.1, -0.05) is 12.8 Å². The zero-order valence-corrected chi connectivity index (χ0v) is 12.3. The van der Waals surface area contributed by atoms with Crippen molar-refractivity contribution in [1.29, 1.82) is 0 Å². The molecule has 2 aliphatic rings. The maximum Gasteiger partial charge on any atom is 0.123 e. The van der Waals surface area contributed by atoms with E-state index in [0.717, 1.165) is 23.7 Å². The second-order valence-electron chi connectivity index (χ2n) is 6.44. The monoisotopic (exact) mass is 276 g/mol. The molecule has 1 aromatic carbocycles. The van der Waals surface area contributed by atoms with E-state index < -0.39 is 0 Å². The molecule has 3 atom stereocenters. The van der Waals surface area contributed by atoms with Crippen molar-refractivity contribution in [1.82, 2.24) is 0 Å². The SMILES string of the molecule is C[C@H](N)c1cc(F)ccc1N1CCCC2CCCCC21. The van der Waals surface area contributed by atoms with Gasteiger partial charge >= 0.3 is 0 Å². The van der Waals surface area contributed by atoms with E-state index in [1.165, 1.54) is 38.5 Å². The van der Waals surface area contributed by atoms with Gasteiger partial charge in [0.05, 0.1) is 0 Å². The van der Waals surface area contributed by atoms with Gasteiger partial charge < -0.3 is 10.6 Å². The van der Waals surface area contributed by atoms with E-state index in [-0.39, 0.29) is 11.9 Å². The highest BCUT2D eigenvalue weighted by molar-refractivity contribution is 5.56. The van der Waals surface area contributed by atoms with Gasteiger partial charge in [0.2, 0.25) is 0 Å². The van der Waals surface area contributed by atoms with Gasteiger partial charge in [-0.15, -0.1) is 0 Å². The van der Waals surface area contributed by atoms with Crippen LogP contribution in [0.3, 0.4) is 0 Å². The number of nitrogens with two attached hydrogens (primary N) is 1. The molecule has 0 bridgehead atoms. The first-order chi connectivity index (χ1) is 9.66. The molecule has 2 fully saturated rings. The number of halogens is 1. The fourth-order valence-electron chi connectivity index (χ4n) is 4.08. The Morgan fingerprint density at radius 2 is 1.95 bits per heavy atom. The number of hydrogen-bond donors (Lipinski definition) is 1. The predicted molar refractivity (Wildman–Crippen MR) is 81.3 cm³/mol. The number of rotatable bonds is 2. The molecular formula is C17H25FN2. The Balaban J connectivity index is 1.94. The first kappa shape index (κ1) is 13.9. The minimum absolute atomic E-state index is 0.121. The second-order valence-corrected chi connectivity index (χ2v) is 6.44. The van der Waals surface area contributed by atoms with Gasteiger partial charge in [0, 0.05) is 24.3 Å². The summed E-state index contributed by atoms with van der Waals surface area (Å²) in [5.74, 6) is 0.640. The zero-order chi connectivity index (χ0) is 14.1. The summed E-state index contributed by atoms with van der Waals surface area (Å²) in [7, 11) is 0. The third-order valence-electron chi connectivity index (χ3n) is 5.03.